The topological polar surface area (TPSA) is 96.9 Å². The molecule has 0 aromatic carbocycles. The zero-order valence-corrected chi connectivity index (χ0v) is 28.8. The molecular formula is C24H58MgMo2O6. The molecule has 0 saturated carbocycles. The van der Waals surface area contributed by atoms with Gasteiger partial charge in [0.1, 0.15) is 0 Å². The molecule has 4 fully saturated rings. The Bertz CT molecular complexity index is 125. The van der Waals surface area contributed by atoms with Crippen LogP contribution in [-0.2, 0) is 61.1 Å². The zero-order valence-electron chi connectivity index (χ0n) is 23.4. The first kappa shape index (κ1) is 83.6. The molecule has 2 N–H and O–H groups in total. The summed E-state index contributed by atoms with van der Waals surface area (Å²) in [4.78, 5) is 0. The average molecular weight is 659 g/mol. The Morgan fingerprint density at radius 2 is 0.364 bits per heavy atom. The summed E-state index contributed by atoms with van der Waals surface area (Å²) in [7, 11) is 0. The first-order chi connectivity index (χ1) is 10.0. The van der Waals surface area contributed by atoms with Crippen molar-refractivity contribution in [2.45, 2.75) is 51.4 Å². The number of ether oxygens (including phenoxy) is 4. The van der Waals surface area contributed by atoms with Crippen LogP contribution in [0, 0.1) is 59.4 Å². The minimum Gasteiger partial charge on any atom is -0.870 e. The van der Waals surface area contributed by atoms with E-state index in [9.17, 15) is 0 Å². The maximum atomic E-state index is 4.94. The van der Waals surface area contributed by atoms with Crippen molar-refractivity contribution in [3.05, 3.63) is 59.4 Å². The normalized spacial score (nSPS) is 14.5. The second-order valence-corrected chi connectivity index (χ2v) is 5.28. The molecule has 4 saturated heterocycles. The van der Waals surface area contributed by atoms with Crippen molar-refractivity contribution < 1.29 is 72.0 Å². The van der Waals surface area contributed by atoms with E-state index < -0.39 is 0 Å². The van der Waals surface area contributed by atoms with E-state index in [-0.39, 0.29) is 136 Å². The predicted molar refractivity (Wildman–Crippen MR) is 141 cm³/mol. The summed E-state index contributed by atoms with van der Waals surface area (Å²) in [5, 5.41) is 0. The molecule has 4 aliphatic heterocycles. The molecular weight excluding hydrogens is 600 g/mol. The third-order valence-corrected chi connectivity index (χ3v) is 3.31. The minimum absolute atomic E-state index is 0. The molecule has 4 heterocycles. The Labute approximate surface area is 257 Å². The van der Waals surface area contributed by atoms with Crippen LogP contribution in [0.5, 0.6) is 0 Å². The molecule has 0 aliphatic carbocycles. The van der Waals surface area contributed by atoms with Crippen LogP contribution in [0.1, 0.15) is 51.4 Å². The molecule has 33 heavy (non-hydrogen) atoms. The molecule has 4 aliphatic rings. The molecule has 9 heteroatoms. The second kappa shape index (κ2) is 76.5. The maximum absolute atomic E-state index is 4.94. The van der Waals surface area contributed by atoms with Gasteiger partial charge in [-0.1, -0.05) is 0 Å². The Hall–Kier alpha value is 1.90. The smallest absolute Gasteiger partial charge is 0.870 e. The Balaban J connectivity index is -0.0000000130. The standard InChI is InChI=1S/4C4H8O.8CH3.Mg.2Mo.2H2O/c4*1-2-4-5-3-1;;;;;;;;;;;;;/h4*1-4H2;8*1H3;;;;2*1H2/q;;;;8*-1;+2;2*+4;;/p-2. The van der Waals surface area contributed by atoms with Crippen LogP contribution in [0.25, 0.3) is 0 Å². The van der Waals surface area contributed by atoms with E-state index in [1.807, 2.05) is 0 Å². The van der Waals surface area contributed by atoms with Gasteiger partial charge >= 0.3 is 65.2 Å². The van der Waals surface area contributed by atoms with Crippen LogP contribution in [0.2, 0.25) is 0 Å². The van der Waals surface area contributed by atoms with Gasteiger partial charge < -0.3 is 89.3 Å². The molecule has 0 aromatic heterocycles. The van der Waals surface area contributed by atoms with Gasteiger partial charge in [-0.25, -0.2) is 0 Å². The van der Waals surface area contributed by atoms with E-state index >= 15 is 0 Å². The van der Waals surface area contributed by atoms with Crippen molar-refractivity contribution in [1.29, 1.82) is 0 Å². The van der Waals surface area contributed by atoms with Crippen LogP contribution >= 0.6 is 0 Å². The largest absolute Gasteiger partial charge is 4.00 e. The summed E-state index contributed by atoms with van der Waals surface area (Å²) in [6, 6.07) is 0. The van der Waals surface area contributed by atoms with E-state index in [1.165, 1.54) is 51.4 Å². The third kappa shape index (κ3) is 71.9. The first-order valence-corrected chi connectivity index (χ1v) is 8.31. The average Bonchev–Trinajstić information content (AvgIpc) is 3.40. The molecule has 4 rings (SSSR count). The fourth-order valence-corrected chi connectivity index (χ4v) is 2.04. The fraction of sp³-hybridized carbons (Fsp3) is 0.667. The van der Waals surface area contributed by atoms with E-state index in [0.29, 0.717) is 0 Å². The summed E-state index contributed by atoms with van der Waals surface area (Å²) in [6.07, 6.45) is 10.2. The molecule has 204 valence electrons. The first-order valence-electron chi connectivity index (χ1n) is 8.31. The van der Waals surface area contributed by atoms with Gasteiger partial charge in [-0.3, -0.25) is 0 Å². The van der Waals surface area contributed by atoms with Gasteiger partial charge in [0.25, 0.3) is 0 Å². The van der Waals surface area contributed by atoms with E-state index in [0.717, 1.165) is 52.9 Å². The van der Waals surface area contributed by atoms with Gasteiger partial charge in [0.05, 0.1) is 0 Å². The Morgan fingerprint density at radius 3 is 0.394 bits per heavy atom. The van der Waals surface area contributed by atoms with E-state index in [1.54, 1.807) is 0 Å². The molecule has 0 spiro atoms. The summed E-state index contributed by atoms with van der Waals surface area (Å²) in [6.45, 7) is 8.00. The van der Waals surface area contributed by atoms with Crippen molar-refractivity contribution in [3.8, 4) is 0 Å². The molecule has 0 unspecified atom stereocenters. The van der Waals surface area contributed by atoms with Crippen molar-refractivity contribution in [1.82, 2.24) is 0 Å². The van der Waals surface area contributed by atoms with Crippen LogP contribution in [0.4, 0.5) is 0 Å². The van der Waals surface area contributed by atoms with Gasteiger partial charge in [-0.2, -0.15) is 0 Å². The van der Waals surface area contributed by atoms with Gasteiger partial charge in [-0.05, 0) is 51.4 Å². The zero-order chi connectivity index (χ0) is 14.1. The summed E-state index contributed by atoms with van der Waals surface area (Å²) in [5.74, 6) is 0. The quantitative estimate of drug-likeness (QED) is 0.232. The van der Waals surface area contributed by atoms with Crippen LogP contribution < -0.4 is 0 Å². The number of rotatable bonds is 0. The van der Waals surface area contributed by atoms with Crippen LogP contribution in [0.3, 0.4) is 0 Å². The van der Waals surface area contributed by atoms with Crippen molar-refractivity contribution in [3.63, 3.8) is 0 Å². The molecule has 0 aromatic rings. The fourth-order valence-electron chi connectivity index (χ4n) is 2.04. The maximum Gasteiger partial charge on any atom is 4.00 e. The van der Waals surface area contributed by atoms with Crippen LogP contribution in [-0.4, -0.2) is 86.9 Å². The van der Waals surface area contributed by atoms with Gasteiger partial charge in [-0.15, -0.1) is 0 Å². The minimum atomic E-state index is 0. The van der Waals surface area contributed by atoms with E-state index in [2.05, 4.69) is 0 Å². The number of hydrogen-bond donors (Lipinski definition) is 0. The van der Waals surface area contributed by atoms with Gasteiger partial charge in [0, 0.05) is 52.9 Å². The summed E-state index contributed by atoms with van der Waals surface area (Å²) in [5.41, 5.74) is 0. The number of hydrogen-bond acceptors (Lipinski definition) is 6. The molecule has 0 bridgehead atoms. The second-order valence-electron chi connectivity index (χ2n) is 5.28. The predicted octanol–water partition coefficient (Wildman–Crippen LogP) is 6.05. The SMILES string of the molecule is C1CCOC1.C1CCOC1.C1CCOC1.C1CCOC1.[CH3-].[CH3-].[CH3-].[CH3-].[CH3-].[CH3-].[CH3-].[CH3-].[Mg+2].[Mo+4].[Mo+4].[OH-].[OH-]. The van der Waals surface area contributed by atoms with Crippen molar-refractivity contribution in [2.75, 3.05) is 52.9 Å². The molecule has 0 atom stereocenters. The van der Waals surface area contributed by atoms with Crippen LogP contribution in [0.15, 0.2) is 0 Å². The molecule has 0 radical (unpaired) electrons. The monoisotopic (exact) mass is 662 g/mol. The van der Waals surface area contributed by atoms with Crippen molar-refractivity contribution in [2.24, 2.45) is 0 Å². The summed E-state index contributed by atoms with van der Waals surface area (Å²) < 4.78 is 19.8. The van der Waals surface area contributed by atoms with Gasteiger partial charge in [0.2, 0.25) is 0 Å². The Kier molecular flexibility index (Phi) is 194. The van der Waals surface area contributed by atoms with Gasteiger partial charge in [0.15, 0.2) is 0 Å². The van der Waals surface area contributed by atoms with E-state index in [4.69, 9.17) is 18.9 Å². The molecule has 6 nitrogen and oxygen atoms in total. The van der Waals surface area contributed by atoms with Crippen molar-refractivity contribution >= 4 is 23.1 Å². The third-order valence-electron chi connectivity index (χ3n) is 3.31. The summed E-state index contributed by atoms with van der Waals surface area (Å²) >= 11 is 0. The Morgan fingerprint density at radius 1 is 0.273 bits per heavy atom. The molecule has 0 amide bonds.